The molecule has 134 valence electrons. The largest absolute Gasteiger partial charge is 0.309 e. The van der Waals surface area contributed by atoms with Gasteiger partial charge in [0, 0.05) is 37.4 Å². The zero-order chi connectivity index (χ0) is 18.0. The summed E-state index contributed by atoms with van der Waals surface area (Å²) in [5.41, 5.74) is 0. The third-order valence-electron chi connectivity index (χ3n) is 4.17. The Hall–Kier alpha value is -1.90. The molecular formula is C16H19ClN4O3S. The van der Waals surface area contributed by atoms with Crippen LogP contribution in [0.15, 0.2) is 41.4 Å². The fraction of sp³-hybridized carbons (Fsp3) is 0.375. The molecule has 1 atom stereocenters. The van der Waals surface area contributed by atoms with Gasteiger partial charge in [0.25, 0.3) is 0 Å². The zero-order valence-electron chi connectivity index (χ0n) is 13.7. The minimum absolute atomic E-state index is 0.156. The van der Waals surface area contributed by atoms with E-state index in [-0.39, 0.29) is 17.3 Å². The van der Waals surface area contributed by atoms with E-state index < -0.39 is 15.9 Å². The highest BCUT2D eigenvalue weighted by molar-refractivity contribution is 7.89. The normalized spacial score (nSPS) is 18.9. The molecule has 1 aliphatic heterocycles. The van der Waals surface area contributed by atoms with Gasteiger partial charge in [-0.3, -0.25) is 9.48 Å². The number of halogens is 1. The molecule has 7 nitrogen and oxygen atoms in total. The van der Waals surface area contributed by atoms with Crippen molar-refractivity contribution in [1.29, 1.82) is 0 Å². The van der Waals surface area contributed by atoms with Crippen molar-refractivity contribution in [3.8, 4) is 0 Å². The Balaban J connectivity index is 1.71. The standard InChI is InChI=1S/C16H19ClN4O3S/c1-20-10-8-15(19-20)18-16(22)12-3-2-9-21(11-12)25(23,24)14-6-4-13(17)5-7-14/h4-8,10,12H,2-3,9,11H2,1H3,(H,18,19,22). The van der Waals surface area contributed by atoms with Gasteiger partial charge in [0.2, 0.25) is 15.9 Å². The number of benzene rings is 1. The van der Waals surface area contributed by atoms with Crippen LogP contribution in [-0.2, 0) is 21.9 Å². The van der Waals surface area contributed by atoms with Crippen molar-refractivity contribution >= 4 is 33.3 Å². The van der Waals surface area contributed by atoms with Crippen molar-refractivity contribution < 1.29 is 13.2 Å². The van der Waals surface area contributed by atoms with Crippen molar-refractivity contribution in [2.24, 2.45) is 13.0 Å². The summed E-state index contributed by atoms with van der Waals surface area (Å²) in [4.78, 5) is 12.6. The number of hydrogen-bond acceptors (Lipinski definition) is 4. The number of anilines is 1. The van der Waals surface area contributed by atoms with Gasteiger partial charge < -0.3 is 5.32 Å². The smallest absolute Gasteiger partial charge is 0.243 e. The summed E-state index contributed by atoms with van der Waals surface area (Å²) in [6, 6.07) is 7.75. The molecule has 9 heteroatoms. The third kappa shape index (κ3) is 4.02. The summed E-state index contributed by atoms with van der Waals surface area (Å²) >= 11 is 5.82. The second kappa shape index (κ2) is 7.15. The van der Waals surface area contributed by atoms with Crippen molar-refractivity contribution in [1.82, 2.24) is 14.1 Å². The minimum Gasteiger partial charge on any atom is -0.309 e. The molecule has 1 amide bonds. The number of sulfonamides is 1. The second-order valence-corrected chi connectivity index (χ2v) is 8.39. The van der Waals surface area contributed by atoms with Gasteiger partial charge in [-0.25, -0.2) is 8.42 Å². The molecule has 1 N–H and O–H groups in total. The highest BCUT2D eigenvalue weighted by Crippen LogP contribution is 2.25. The molecule has 0 saturated carbocycles. The third-order valence-corrected chi connectivity index (χ3v) is 6.30. The number of carbonyl (C=O) groups is 1. The molecule has 2 aromatic rings. The number of carbonyl (C=O) groups excluding carboxylic acids is 1. The van der Waals surface area contributed by atoms with Gasteiger partial charge in [0.05, 0.1) is 10.8 Å². The molecule has 0 spiro atoms. The van der Waals surface area contributed by atoms with Gasteiger partial charge in [-0.2, -0.15) is 9.40 Å². The molecular weight excluding hydrogens is 364 g/mol. The lowest BCUT2D eigenvalue weighted by molar-refractivity contribution is -0.120. The lowest BCUT2D eigenvalue weighted by atomic mass is 9.99. The summed E-state index contributed by atoms with van der Waals surface area (Å²) in [5.74, 6) is -0.155. The van der Waals surface area contributed by atoms with Crippen LogP contribution in [0.5, 0.6) is 0 Å². The molecule has 1 fully saturated rings. The fourth-order valence-corrected chi connectivity index (χ4v) is 4.49. The van der Waals surface area contributed by atoms with Gasteiger partial charge in [0.1, 0.15) is 0 Å². The van der Waals surface area contributed by atoms with Crippen LogP contribution >= 0.6 is 11.6 Å². The predicted octanol–water partition coefficient (Wildman–Crippen LogP) is 2.11. The number of aromatic nitrogens is 2. The van der Waals surface area contributed by atoms with Crippen molar-refractivity contribution in [2.45, 2.75) is 17.7 Å². The highest BCUT2D eigenvalue weighted by Gasteiger charge is 2.33. The maximum Gasteiger partial charge on any atom is 0.243 e. The molecule has 2 heterocycles. The average Bonchev–Trinajstić information content (AvgIpc) is 3.00. The number of nitrogens with zero attached hydrogens (tertiary/aromatic N) is 3. The Labute approximate surface area is 151 Å². The zero-order valence-corrected chi connectivity index (χ0v) is 15.3. The summed E-state index contributed by atoms with van der Waals surface area (Å²) in [6.07, 6.45) is 3.01. The summed E-state index contributed by atoms with van der Waals surface area (Å²) in [7, 11) is -1.88. The molecule has 0 bridgehead atoms. The minimum atomic E-state index is -3.64. The molecule has 1 aliphatic rings. The monoisotopic (exact) mass is 382 g/mol. The van der Waals surface area contributed by atoms with Crippen LogP contribution in [0.2, 0.25) is 5.02 Å². The molecule has 1 aromatic heterocycles. The van der Waals surface area contributed by atoms with Crippen LogP contribution < -0.4 is 5.32 Å². The summed E-state index contributed by atoms with van der Waals surface area (Å²) in [6.45, 7) is 0.557. The SMILES string of the molecule is Cn1ccc(NC(=O)C2CCCN(S(=O)(=O)c3ccc(Cl)cc3)C2)n1. The van der Waals surface area contributed by atoms with E-state index in [1.165, 1.54) is 16.4 Å². The Morgan fingerprint density at radius 3 is 2.64 bits per heavy atom. The number of hydrogen-bond donors (Lipinski definition) is 1. The quantitative estimate of drug-likeness (QED) is 0.877. The molecule has 1 aromatic carbocycles. The Bertz CT molecular complexity index is 864. The van der Waals surface area contributed by atoms with Gasteiger partial charge in [-0.05, 0) is 37.1 Å². The Morgan fingerprint density at radius 2 is 2.00 bits per heavy atom. The van der Waals surface area contributed by atoms with Crippen LogP contribution in [0.25, 0.3) is 0 Å². The molecule has 1 unspecified atom stereocenters. The van der Waals surface area contributed by atoms with E-state index in [4.69, 9.17) is 11.6 Å². The first-order valence-corrected chi connectivity index (χ1v) is 9.74. The summed E-state index contributed by atoms with van der Waals surface area (Å²) in [5, 5.41) is 7.33. The maximum atomic E-state index is 12.8. The van der Waals surface area contributed by atoms with E-state index in [9.17, 15) is 13.2 Å². The molecule has 0 aliphatic carbocycles. The fourth-order valence-electron chi connectivity index (χ4n) is 2.84. The van der Waals surface area contributed by atoms with E-state index in [1.807, 2.05) is 0 Å². The first-order valence-electron chi connectivity index (χ1n) is 7.92. The Kier molecular flexibility index (Phi) is 5.12. The lowest BCUT2D eigenvalue weighted by Gasteiger charge is -2.31. The van der Waals surface area contributed by atoms with Gasteiger partial charge >= 0.3 is 0 Å². The number of rotatable bonds is 4. The van der Waals surface area contributed by atoms with Crippen LogP contribution in [0.3, 0.4) is 0 Å². The van der Waals surface area contributed by atoms with E-state index in [0.717, 1.165) is 0 Å². The lowest BCUT2D eigenvalue weighted by Crippen LogP contribution is -2.43. The van der Waals surface area contributed by atoms with Crippen LogP contribution in [-0.4, -0.2) is 41.5 Å². The van der Waals surface area contributed by atoms with E-state index in [2.05, 4.69) is 10.4 Å². The van der Waals surface area contributed by atoms with Crippen LogP contribution in [0, 0.1) is 5.92 Å². The number of aryl methyl sites for hydroxylation is 1. The average molecular weight is 383 g/mol. The first kappa shape index (κ1) is 17.9. The topological polar surface area (TPSA) is 84.3 Å². The highest BCUT2D eigenvalue weighted by atomic mass is 35.5. The van der Waals surface area contributed by atoms with Crippen molar-refractivity contribution in [3.63, 3.8) is 0 Å². The van der Waals surface area contributed by atoms with E-state index in [1.54, 1.807) is 36.1 Å². The van der Waals surface area contributed by atoms with Crippen LogP contribution in [0.4, 0.5) is 5.82 Å². The number of piperidine rings is 1. The summed E-state index contributed by atoms with van der Waals surface area (Å²) < 4.78 is 28.5. The predicted molar refractivity (Wildman–Crippen MR) is 94.8 cm³/mol. The number of amides is 1. The van der Waals surface area contributed by atoms with E-state index in [0.29, 0.717) is 30.2 Å². The molecule has 0 radical (unpaired) electrons. The van der Waals surface area contributed by atoms with Crippen LogP contribution in [0.1, 0.15) is 12.8 Å². The molecule has 1 saturated heterocycles. The molecule has 3 rings (SSSR count). The van der Waals surface area contributed by atoms with Gasteiger partial charge in [-0.15, -0.1) is 0 Å². The van der Waals surface area contributed by atoms with Crippen molar-refractivity contribution in [3.05, 3.63) is 41.6 Å². The number of nitrogens with one attached hydrogen (secondary N) is 1. The van der Waals surface area contributed by atoms with Gasteiger partial charge in [-0.1, -0.05) is 11.6 Å². The maximum absolute atomic E-state index is 12.8. The first-order chi connectivity index (χ1) is 11.9. The second-order valence-electron chi connectivity index (χ2n) is 6.02. The van der Waals surface area contributed by atoms with Crippen molar-refractivity contribution in [2.75, 3.05) is 18.4 Å². The molecule has 25 heavy (non-hydrogen) atoms. The van der Waals surface area contributed by atoms with E-state index >= 15 is 0 Å². The Morgan fingerprint density at radius 1 is 1.28 bits per heavy atom. The van der Waals surface area contributed by atoms with Gasteiger partial charge in [0.15, 0.2) is 5.82 Å².